The first-order chi connectivity index (χ1) is 5.43. The third-order valence-electron chi connectivity index (χ3n) is 1.78. The molecule has 0 aromatic rings. The highest BCUT2D eigenvalue weighted by atomic mass is 16.5. The molecule has 0 aliphatic carbocycles. The Bertz CT molecular complexity index is 67.2. The third-order valence-corrected chi connectivity index (χ3v) is 1.78. The molecule has 0 amide bonds. The van der Waals surface area contributed by atoms with Crippen LogP contribution >= 0.6 is 0 Å². The summed E-state index contributed by atoms with van der Waals surface area (Å²) in [6.45, 7) is 6.05. The normalized spacial score (nSPS) is 23.7. The van der Waals surface area contributed by atoms with Crippen molar-refractivity contribution in [1.82, 2.24) is 5.32 Å². The fraction of sp³-hybridized carbons (Fsp3) is 1.00. The van der Waals surface area contributed by atoms with Gasteiger partial charge in [0.2, 0.25) is 0 Å². The molecule has 2 nitrogen and oxygen atoms in total. The highest BCUT2D eigenvalue weighted by Gasteiger charge is 2.10. The van der Waals surface area contributed by atoms with Crippen molar-refractivity contribution in [2.45, 2.75) is 39.2 Å². The van der Waals surface area contributed by atoms with E-state index in [2.05, 4.69) is 5.32 Å². The van der Waals surface area contributed by atoms with E-state index in [4.69, 9.17) is 4.74 Å². The van der Waals surface area contributed by atoms with Crippen LogP contribution in [0.4, 0.5) is 0 Å². The van der Waals surface area contributed by atoms with Crippen molar-refractivity contribution in [3.8, 4) is 0 Å². The minimum absolute atomic E-state index is 0.628. The Balaban J connectivity index is 0.000000461. The molecule has 1 heterocycles. The van der Waals surface area contributed by atoms with E-state index in [1.54, 1.807) is 7.11 Å². The number of hydrogen-bond donors (Lipinski definition) is 1. The second kappa shape index (κ2) is 8.02. The van der Waals surface area contributed by atoms with Crippen LogP contribution in [0.3, 0.4) is 0 Å². The average molecular weight is 159 g/mol. The smallest absolute Gasteiger partial charge is 0.0615 e. The van der Waals surface area contributed by atoms with Crippen LogP contribution in [0.2, 0.25) is 0 Å². The molecule has 1 saturated heterocycles. The zero-order valence-electron chi connectivity index (χ0n) is 8.02. The van der Waals surface area contributed by atoms with Gasteiger partial charge in [-0.1, -0.05) is 20.3 Å². The quantitative estimate of drug-likeness (QED) is 0.663. The van der Waals surface area contributed by atoms with Crippen molar-refractivity contribution in [2.75, 3.05) is 20.3 Å². The summed E-state index contributed by atoms with van der Waals surface area (Å²) in [5.41, 5.74) is 0. The summed E-state index contributed by atoms with van der Waals surface area (Å²) >= 11 is 0. The lowest BCUT2D eigenvalue weighted by atomic mass is 10.1. The second-order valence-electron chi connectivity index (χ2n) is 2.60. The Morgan fingerprint density at radius 2 is 2.09 bits per heavy atom. The number of hydrogen-bond acceptors (Lipinski definition) is 2. The van der Waals surface area contributed by atoms with Gasteiger partial charge >= 0.3 is 0 Å². The molecule has 1 aliphatic rings. The Morgan fingerprint density at radius 1 is 1.36 bits per heavy atom. The van der Waals surface area contributed by atoms with Crippen molar-refractivity contribution in [2.24, 2.45) is 0 Å². The summed E-state index contributed by atoms with van der Waals surface area (Å²) in [4.78, 5) is 0. The SMILES string of the molecule is CC.COCC1CCCCN1. The number of piperidine rings is 1. The standard InChI is InChI=1S/C7H15NO.C2H6/c1-9-6-7-4-2-3-5-8-7;1-2/h7-8H,2-6H2,1H3;1-2H3. The maximum absolute atomic E-state index is 5.02. The molecule has 0 spiro atoms. The monoisotopic (exact) mass is 159 g/mol. The van der Waals surface area contributed by atoms with Gasteiger partial charge in [0.05, 0.1) is 6.61 Å². The molecule has 0 aromatic heterocycles. The summed E-state index contributed by atoms with van der Waals surface area (Å²) in [6, 6.07) is 0.628. The van der Waals surface area contributed by atoms with E-state index in [1.807, 2.05) is 13.8 Å². The van der Waals surface area contributed by atoms with E-state index in [0.29, 0.717) is 6.04 Å². The van der Waals surface area contributed by atoms with Gasteiger partial charge in [-0.25, -0.2) is 0 Å². The van der Waals surface area contributed by atoms with E-state index in [1.165, 1.54) is 25.8 Å². The van der Waals surface area contributed by atoms with Gasteiger partial charge in [-0.2, -0.15) is 0 Å². The molecular weight excluding hydrogens is 138 g/mol. The van der Waals surface area contributed by atoms with E-state index in [0.717, 1.165) is 6.61 Å². The molecule has 1 atom stereocenters. The van der Waals surface area contributed by atoms with Crippen LogP contribution in [0, 0.1) is 0 Å². The lowest BCUT2D eigenvalue weighted by Crippen LogP contribution is -2.37. The Kier molecular flexibility index (Phi) is 7.96. The molecule has 0 bridgehead atoms. The van der Waals surface area contributed by atoms with Gasteiger partial charge in [0, 0.05) is 13.2 Å². The lowest BCUT2D eigenvalue weighted by molar-refractivity contribution is 0.154. The molecule has 0 radical (unpaired) electrons. The summed E-state index contributed by atoms with van der Waals surface area (Å²) < 4.78 is 5.02. The summed E-state index contributed by atoms with van der Waals surface area (Å²) in [5.74, 6) is 0. The minimum Gasteiger partial charge on any atom is -0.383 e. The number of ether oxygens (including phenoxy) is 1. The largest absolute Gasteiger partial charge is 0.383 e. The maximum Gasteiger partial charge on any atom is 0.0615 e. The average Bonchev–Trinajstić information content (AvgIpc) is 2.11. The molecule has 1 unspecified atom stereocenters. The first-order valence-electron chi connectivity index (χ1n) is 4.66. The van der Waals surface area contributed by atoms with Gasteiger partial charge in [0.15, 0.2) is 0 Å². The van der Waals surface area contributed by atoms with E-state index in [-0.39, 0.29) is 0 Å². The van der Waals surface area contributed by atoms with Crippen molar-refractivity contribution < 1.29 is 4.74 Å². The number of methoxy groups -OCH3 is 1. The van der Waals surface area contributed by atoms with Crippen LogP contribution in [0.1, 0.15) is 33.1 Å². The Hall–Kier alpha value is -0.0800. The third kappa shape index (κ3) is 5.22. The minimum atomic E-state index is 0.628. The zero-order chi connectivity index (χ0) is 8.53. The van der Waals surface area contributed by atoms with Gasteiger partial charge in [0.25, 0.3) is 0 Å². The molecule has 2 heteroatoms. The van der Waals surface area contributed by atoms with Crippen LogP contribution in [-0.4, -0.2) is 26.3 Å². The first-order valence-corrected chi connectivity index (χ1v) is 4.66. The van der Waals surface area contributed by atoms with E-state index in [9.17, 15) is 0 Å². The lowest BCUT2D eigenvalue weighted by Gasteiger charge is -2.22. The van der Waals surface area contributed by atoms with E-state index >= 15 is 0 Å². The van der Waals surface area contributed by atoms with Gasteiger partial charge in [-0.15, -0.1) is 0 Å². The van der Waals surface area contributed by atoms with Crippen molar-refractivity contribution >= 4 is 0 Å². The molecule has 1 fully saturated rings. The predicted octanol–water partition coefficient (Wildman–Crippen LogP) is 1.80. The topological polar surface area (TPSA) is 21.3 Å². The second-order valence-corrected chi connectivity index (χ2v) is 2.60. The molecule has 11 heavy (non-hydrogen) atoms. The van der Waals surface area contributed by atoms with Crippen LogP contribution < -0.4 is 5.32 Å². The molecule has 68 valence electrons. The van der Waals surface area contributed by atoms with Crippen LogP contribution in [0.15, 0.2) is 0 Å². The number of rotatable bonds is 2. The highest BCUT2D eigenvalue weighted by Crippen LogP contribution is 2.06. The highest BCUT2D eigenvalue weighted by molar-refractivity contribution is 4.70. The fourth-order valence-electron chi connectivity index (χ4n) is 1.27. The van der Waals surface area contributed by atoms with Crippen LogP contribution in [-0.2, 0) is 4.74 Å². The van der Waals surface area contributed by atoms with Crippen molar-refractivity contribution in [3.63, 3.8) is 0 Å². The van der Waals surface area contributed by atoms with Gasteiger partial charge in [-0.05, 0) is 19.4 Å². The summed E-state index contributed by atoms with van der Waals surface area (Å²) in [6.07, 6.45) is 3.98. The van der Waals surface area contributed by atoms with Crippen molar-refractivity contribution in [1.29, 1.82) is 0 Å². The van der Waals surface area contributed by atoms with Gasteiger partial charge < -0.3 is 10.1 Å². The molecule has 1 N–H and O–H groups in total. The van der Waals surface area contributed by atoms with Crippen LogP contribution in [0.25, 0.3) is 0 Å². The maximum atomic E-state index is 5.02. The summed E-state index contributed by atoms with van der Waals surface area (Å²) in [7, 11) is 1.76. The molecule has 0 aromatic carbocycles. The molecular formula is C9H21NO. The first kappa shape index (κ1) is 10.9. The summed E-state index contributed by atoms with van der Waals surface area (Å²) in [5, 5.41) is 3.40. The van der Waals surface area contributed by atoms with Gasteiger partial charge in [0.1, 0.15) is 0 Å². The number of nitrogens with one attached hydrogen (secondary N) is 1. The molecule has 1 rings (SSSR count). The molecule has 0 saturated carbocycles. The Labute approximate surface area is 70.3 Å². The van der Waals surface area contributed by atoms with Gasteiger partial charge in [-0.3, -0.25) is 0 Å². The zero-order valence-corrected chi connectivity index (χ0v) is 8.02. The molecule has 1 aliphatic heterocycles. The van der Waals surface area contributed by atoms with Crippen molar-refractivity contribution in [3.05, 3.63) is 0 Å². The Morgan fingerprint density at radius 3 is 2.55 bits per heavy atom. The fourth-order valence-corrected chi connectivity index (χ4v) is 1.27. The van der Waals surface area contributed by atoms with Crippen LogP contribution in [0.5, 0.6) is 0 Å². The van der Waals surface area contributed by atoms with E-state index < -0.39 is 0 Å². The predicted molar refractivity (Wildman–Crippen MR) is 48.9 cm³/mol.